The van der Waals surface area contributed by atoms with E-state index in [2.05, 4.69) is 9.97 Å². The normalized spacial score (nSPS) is 10.7. The quantitative estimate of drug-likeness (QED) is 0.725. The number of H-pyrrole nitrogens is 1. The average molecular weight is 359 g/mol. The van der Waals surface area contributed by atoms with Crippen molar-refractivity contribution in [3.63, 3.8) is 0 Å². The summed E-state index contributed by atoms with van der Waals surface area (Å²) in [6.45, 7) is 0. The number of aromatic amines is 1. The van der Waals surface area contributed by atoms with E-state index in [9.17, 15) is 9.59 Å². The summed E-state index contributed by atoms with van der Waals surface area (Å²) in [5.74, 6) is 0.265. The summed E-state index contributed by atoms with van der Waals surface area (Å²) in [6.07, 6.45) is 0.491. The van der Waals surface area contributed by atoms with Crippen LogP contribution < -0.4 is 10.3 Å². The lowest BCUT2D eigenvalue weighted by molar-refractivity contribution is 0.0601. The fraction of sp³-hybridized carbons (Fsp3) is 0.167. The number of carbonyl (C=O) groups excluding carboxylic acids is 1. The molecular weight excluding hydrogens is 344 g/mol. The maximum atomic E-state index is 11.9. The molecule has 6 nitrogen and oxygen atoms in total. The molecule has 25 heavy (non-hydrogen) atoms. The smallest absolute Gasteiger partial charge is 0.337 e. The summed E-state index contributed by atoms with van der Waals surface area (Å²) in [5, 5.41) is -0.176. The molecule has 1 N–H and O–H groups in total. The van der Waals surface area contributed by atoms with Crippen molar-refractivity contribution >= 4 is 28.6 Å². The summed E-state index contributed by atoms with van der Waals surface area (Å²) in [6, 6.07) is 10.7. The molecule has 0 amide bonds. The van der Waals surface area contributed by atoms with Gasteiger partial charge in [-0.15, -0.1) is 0 Å². The van der Waals surface area contributed by atoms with Crippen molar-refractivity contribution < 1.29 is 14.3 Å². The van der Waals surface area contributed by atoms with E-state index in [0.717, 1.165) is 16.9 Å². The second kappa shape index (κ2) is 6.94. The van der Waals surface area contributed by atoms with Crippen molar-refractivity contribution in [2.75, 3.05) is 14.2 Å². The number of hydrogen-bond acceptors (Lipinski definition) is 5. The highest BCUT2D eigenvalue weighted by molar-refractivity contribution is 6.29. The predicted molar refractivity (Wildman–Crippen MR) is 94.5 cm³/mol. The third-order valence-electron chi connectivity index (χ3n) is 3.82. The minimum absolute atomic E-state index is 0.176. The Balaban J connectivity index is 2.14. The number of methoxy groups -OCH3 is 2. The number of aromatic nitrogens is 2. The number of hydrogen-bond donors (Lipinski definition) is 1. The lowest BCUT2D eigenvalue weighted by Gasteiger charge is -2.10. The van der Waals surface area contributed by atoms with E-state index in [-0.39, 0.29) is 5.15 Å². The van der Waals surface area contributed by atoms with Gasteiger partial charge in [-0.2, -0.15) is 0 Å². The van der Waals surface area contributed by atoms with Gasteiger partial charge in [-0.05, 0) is 41.8 Å². The number of rotatable bonds is 4. The van der Waals surface area contributed by atoms with Crippen LogP contribution in [0.5, 0.6) is 5.75 Å². The number of carbonyl (C=O) groups is 1. The zero-order chi connectivity index (χ0) is 18.0. The Morgan fingerprint density at radius 3 is 2.56 bits per heavy atom. The molecule has 0 radical (unpaired) electrons. The van der Waals surface area contributed by atoms with Crippen LogP contribution in [0.1, 0.15) is 21.5 Å². The minimum Gasteiger partial charge on any atom is -0.497 e. The SMILES string of the molecule is COC(=O)c1cc(Cc2ccc(OC)cc2)c2[nH]c(=O)c(Cl)nc2c1. The first-order chi connectivity index (χ1) is 12.0. The number of benzene rings is 2. The van der Waals surface area contributed by atoms with Gasteiger partial charge in [0.25, 0.3) is 5.56 Å². The van der Waals surface area contributed by atoms with Crippen LogP contribution in [0.4, 0.5) is 0 Å². The lowest BCUT2D eigenvalue weighted by Crippen LogP contribution is -2.11. The Morgan fingerprint density at radius 1 is 1.20 bits per heavy atom. The molecule has 3 aromatic rings. The summed E-state index contributed by atoms with van der Waals surface area (Å²) < 4.78 is 9.94. The zero-order valence-electron chi connectivity index (χ0n) is 13.6. The number of fused-ring (bicyclic) bond motifs is 1. The topological polar surface area (TPSA) is 81.3 Å². The summed E-state index contributed by atoms with van der Waals surface area (Å²) in [5.41, 5.74) is 2.56. The largest absolute Gasteiger partial charge is 0.497 e. The summed E-state index contributed by atoms with van der Waals surface area (Å²) in [4.78, 5) is 30.6. The highest BCUT2D eigenvalue weighted by Gasteiger charge is 2.14. The molecule has 0 saturated carbocycles. The Labute approximate surface area is 148 Å². The first kappa shape index (κ1) is 17.0. The molecule has 0 aliphatic heterocycles. The molecule has 0 bridgehead atoms. The highest BCUT2D eigenvalue weighted by Crippen LogP contribution is 2.22. The van der Waals surface area contributed by atoms with Crippen LogP contribution in [0.25, 0.3) is 11.0 Å². The van der Waals surface area contributed by atoms with Gasteiger partial charge in [0.15, 0.2) is 5.15 Å². The van der Waals surface area contributed by atoms with Crippen molar-refractivity contribution in [1.29, 1.82) is 0 Å². The van der Waals surface area contributed by atoms with Crippen molar-refractivity contribution in [3.05, 3.63) is 68.6 Å². The maximum absolute atomic E-state index is 11.9. The molecule has 0 fully saturated rings. The van der Waals surface area contributed by atoms with Crippen molar-refractivity contribution in [2.45, 2.75) is 6.42 Å². The third kappa shape index (κ3) is 3.49. The molecule has 0 aliphatic carbocycles. The number of ether oxygens (including phenoxy) is 2. The van der Waals surface area contributed by atoms with Crippen molar-refractivity contribution in [3.8, 4) is 5.75 Å². The molecule has 0 atom stereocenters. The van der Waals surface area contributed by atoms with E-state index in [1.165, 1.54) is 7.11 Å². The molecule has 128 valence electrons. The van der Waals surface area contributed by atoms with Crippen LogP contribution in [0.2, 0.25) is 5.15 Å². The lowest BCUT2D eigenvalue weighted by atomic mass is 10.0. The average Bonchev–Trinajstić information content (AvgIpc) is 2.63. The zero-order valence-corrected chi connectivity index (χ0v) is 14.4. The number of esters is 1. The van der Waals surface area contributed by atoms with E-state index in [1.54, 1.807) is 19.2 Å². The van der Waals surface area contributed by atoms with Crippen molar-refractivity contribution in [1.82, 2.24) is 9.97 Å². The van der Waals surface area contributed by atoms with Crippen LogP contribution in [-0.4, -0.2) is 30.2 Å². The van der Waals surface area contributed by atoms with E-state index in [0.29, 0.717) is 23.0 Å². The Hall–Kier alpha value is -2.86. The van der Waals surface area contributed by atoms with Crippen LogP contribution in [-0.2, 0) is 11.2 Å². The van der Waals surface area contributed by atoms with Gasteiger partial charge in [-0.1, -0.05) is 23.7 Å². The minimum atomic E-state index is -0.484. The Bertz CT molecular complexity index is 996. The van der Waals surface area contributed by atoms with Crippen LogP contribution >= 0.6 is 11.6 Å². The van der Waals surface area contributed by atoms with E-state index in [4.69, 9.17) is 21.1 Å². The van der Waals surface area contributed by atoms with Gasteiger partial charge in [0.05, 0.1) is 30.8 Å². The fourth-order valence-electron chi connectivity index (χ4n) is 2.58. The summed E-state index contributed by atoms with van der Waals surface area (Å²) >= 11 is 5.81. The fourth-order valence-corrected chi connectivity index (χ4v) is 2.72. The molecule has 3 rings (SSSR count). The Kier molecular flexibility index (Phi) is 4.72. The number of halogens is 1. The first-order valence-electron chi connectivity index (χ1n) is 7.45. The molecule has 1 aromatic heterocycles. The Morgan fingerprint density at radius 2 is 1.92 bits per heavy atom. The second-order valence-corrected chi connectivity index (χ2v) is 5.76. The second-order valence-electron chi connectivity index (χ2n) is 5.40. The standard InChI is InChI=1S/C18H15ClN2O4/c1-24-13-5-3-10(4-6-13)7-11-8-12(18(23)25-2)9-14-15(11)21-17(22)16(19)20-14/h3-6,8-9H,7H2,1-2H3,(H,21,22). The molecular formula is C18H15ClN2O4. The molecule has 0 spiro atoms. The van der Waals surface area contributed by atoms with Gasteiger partial charge in [-0.25, -0.2) is 9.78 Å². The molecule has 0 unspecified atom stereocenters. The van der Waals surface area contributed by atoms with Gasteiger partial charge in [0.2, 0.25) is 0 Å². The van der Waals surface area contributed by atoms with Crippen molar-refractivity contribution in [2.24, 2.45) is 0 Å². The molecule has 7 heteroatoms. The third-order valence-corrected chi connectivity index (χ3v) is 4.07. The molecule has 2 aromatic carbocycles. The van der Waals surface area contributed by atoms with Gasteiger partial charge >= 0.3 is 5.97 Å². The number of nitrogens with one attached hydrogen (secondary N) is 1. The summed E-state index contributed by atoms with van der Waals surface area (Å²) in [7, 11) is 2.91. The molecule has 1 heterocycles. The van der Waals surface area contributed by atoms with Crippen LogP contribution in [0, 0.1) is 0 Å². The van der Waals surface area contributed by atoms with Gasteiger partial charge in [0.1, 0.15) is 5.75 Å². The van der Waals surface area contributed by atoms with Gasteiger partial charge in [-0.3, -0.25) is 4.79 Å². The van der Waals surface area contributed by atoms with E-state index < -0.39 is 11.5 Å². The molecule has 0 aliphatic rings. The van der Waals surface area contributed by atoms with E-state index in [1.807, 2.05) is 24.3 Å². The van der Waals surface area contributed by atoms with Gasteiger partial charge in [0, 0.05) is 0 Å². The van der Waals surface area contributed by atoms with Crippen LogP contribution in [0.3, 0.4) is 0 Å². The predicted octanol–water partition coefficient (Wildman–Crippen LogP) is 2.96. The maximum Gasteiger partial charge on any atom is 0.337 e. The molecule has 0 saturated heterocycles. The monoisotopic (exact) mass is 358 g/mol. The highest BCUT2D eigenvalue weighted by atomic mass is 35.5. The van der Waals surface area contributed by atoms with Gasteiger partial charge < -0.3 is 14.5 Å². The van der Waals surface area contributed by atoms with E-state index >= 15 is 0 Å². The van der Waals surface area contributed by atoms with Crippen LogP contribution in [0.15, 0.2) is 41.2 Å². The first-order valence-corrected chi connectivity index (χ1v) is 7.83. The number of nitrogens with zero attached hydrogens (tertiary/aromatic N) is 1.